The lowest BCUT2D eigenvalue weighted by atomic mass is 9.82. The van der Waals surface area contributed by atoms with Gasteiger partial charge in [-0.3, -0.25) is 9.59 Å². The van der Waals surface area contributed by atoms with E-state index >= 15 is 0 Å². The van der Waals surface area contributed by atoms with Gasteiger partial charge in [0.05, 0.1) is 24.1 Å². The monoisotopic (exact) mass is 621 g/mol. The highest BCUT2D eigenvalue weighted by Gasteiger charge is 2.42. The zero-order valence-electron chi connectivity index (χ0n) is 26.2. The van der Waals surface area contributed by atoms with E-state index in [4.69, 9.17) is 9.47 Å². The van der Waals surface area contributed by atoms with Gasteiger partial charge in [0.1, 0.15) is 5.75 Å². The van der Waals surface area contributed by atoms with E-state index < -0.39 is 29.8 Å². The SMILES string of the molecule is C=CCC(F)(F)C1C=CC(Oc2ccc(C(=O)N3CC(CN4C=C5C(C)=C(C(=O)NCCOC)C=CC5(C)N4)C3)cc2)=NC1C. The predicted molar refractivity (Wildman–Crippen MR) is 169 cm³/mol. The van der Waals surface area contributed by atoms with Crippen LogP contribution in [-0.4, -0.2) is 85.0 Å². The Balaban J connectivity index is 1.11. The van der Waals surface area contributed by atoms with Gasteiger partial charge in [-0.1, -0.05) is 24.3 Å². The molecule has 3 aliphatic heterocycles. The van der Waals surface area contributed by atoms with Gasteiger partial charge in [-0.2, -0.15) is 0 Å². The molecule has 45 heavy (non-hydrogen) atoms. The number of dihydropyridines is 1. The lowest BCUT2D eigenvalue weighted by Gasteiger charge is -2.41. The molecule has 0 radical (unpaired) electrons. The number of nitrogens with zero attached hydrogens (tertiary/aromatic N) is 3. The number of likely N-dealkylation sites (tertiary alicyclic amines) is 1. The number of aliphatic imine (C=N–C) groups is 1. The topological polar surface area (TPSA) is 95.5 Å². The maximum absolute atomic E-state index is 14.3. The summed E-state index contributed by atoms with van der Waals surface area (Å²) in [6.07, 6.45) is 9.65. The highest BCUT2D eigenvalue weighted by molar-refractivity contribution is 5.98. The molecule has 3 unspecified atom stereocenters. The summed E-state index contributed by atoms with van der Waals surface area (Å²) in [5.41, 5.74) is 6.30. The molecule has 4 aliphatic rings. The fourth-order valence-electron chi connectivity index (χ4n) is 6.17. The third kappa shape index (κ3) is 6.94. The highest BCUT2D eigenvalue weighted by Crippen LogP contribution is 2.38. The Hall–Kier alpha value is -4.09. The number of nitrogens with one attached hydrogen (secondary N) is 2. The fourth-order valence-corrected chi connectivity index (χ4v) is 6.17. The Morgan fingerprint density at radius 2 is 1.98 bits per heavy atom. The van der Waals surface area contributed by atoms with Gasteiger partial charge < -0.3 is 24.7 Å². The third-order valence-electron chi connectivity index (χ3n) is 8.67. The lowest BCUT2D eigenvalue weighted by Crippen LogP contribution is -2.55. The number of hydrogen-bond acceptors (Lipinski definition) is 7. The van der Waals surface area contributed by atoms with Gasteiger partial charge in [-0.05, 0) is 62.3 Å². The molecule has 240 valence electrons. The second-order valence-electron chi connectivity index (χ2n) is 12.2. The van der Waals surface area contributed by atoms with Crippen LogP contribution in [0.3, 0.4) is 0 Å². The van der Waals surface area contributed by atoms with Crippen molar-refractivity contribution in [1.29, 1.82) is 0 Å². The molecule has 0 aromatic heterocycles. The molecule has 1 aliphatic carbocycles. The molecule has 2 N–H and O–H groups in total. The van der Waals surface area contributed by atoms with Gasteiger partial charge in [0.15, 0.2) is 0 Å². The standard InChI is InChI=1S/C34H41F2N5O4/c1-6-14-34(35,36)28-11-12-30(38-23(28)3)45-26-9-7-25(8-10-26)32(43)40-18-24(19-40)20-41-21-29-22(2)27(13-15-33(29,4)39-41)31(42)37-16-17-44-5/h6-13,15,21,23-24,28,39H,1,14,16-20H2,2-5H3,(H,37,42). The van der Waals surface area contributed by atoms with Crippen molar-refractivity contribution in [3.63, 3.8) is 0 Å². The van der Waals surface area contributed by atoms with E-state index in [1.165, 1.54) is 18.2 Å². The molecule has 3 atom stereocenters. The number of hydrazine groups is 1. The van der Waals surface area contributed by atoms with Gasteiger partial charge in [-0.25, -0.2) is 19.2 Å². The molecule has 3 heterocycles. The van der Waals surface area contributed by atoms with Crippen molar-refractivity contribution in [2.75, 3.05) is 39.9 Å². The quantitative estimate of drug-likeness (QED) is 0.281. The van der Waals surface area contributed by atoms with E-state index in [9.17, 15) is 18.4 Å². The molecule has 1 aromatic carbocycles. The van der Waals surface area contributed by atoms with Crippen molar-refractivity contribution in [3.05, 3.63) is 89.7 Å². The van der Waals surface area contributed by atoms with E-state index in [1.54, 1.807) is 38.3 Å². The van der Waals surface area contributed by atoms with Crippen LogP contribution >= 0.6 is 0 Å². The maximum atomic E-state index is 14.3. The van der Waals surface area contributed by atoms with Crippen LogP contribution in [0.2, 0.25) is 0 Å². The molecule has 0 saturated carbocycles. The maximum Gasteiger partial charge on any atom is 0.259 e. The van der Waals surface area contributed by atoms with E-state index in [1.807, 2.05) is 24.0 Å². The summed E-state index contributed by atoms with van der Waals surface area (Å²) in [5, 5.41) is 4.94. The minimum absolute atomic E-state index is 0.0622. The second kappa shape index (κ2) is 13.1. The van der Waals surface area contributed by atoms with Crippen molar-refractivity contribution < 1.29 is 27.8 Å². The Labute approximate surface area is 263 Å². The normalized spacial score (nSPS) is 24.6. The number of benzene rings is 1. The Morgan fingerprint density at radius 3 is 2.64 bits per heavy atom. The average Bonchev–Trinajstić information content (AvgIpc) is 3.32. The van der Waals surface area contributed by atoms with Gasteiger partial charge in [0, 0.05) is 63.0 Å². The third-order valence-corrected chi connectivity index (χ3v) is 8.67. The first kappa shape index (κ1) is 32.3. The number of halogens is 2. The summed E-state index contributed by atoms with van der Waals surface area (Å²) >= 11 is 0. The van der Waals surface area contributed by atoms with E-state index in [0.717, 1.165) is 17.7 Å². The Morgan fingerprint density at radius 1 is 1.24 bits per heavy atom. The van der Waals surface area contributed by atoms with E-state index in [2.05, 4.69) is 40.4 Å². The van der Waals surface area contributed by atoms with Gasteiger partial charge >= 0.3 is 0 Å². The summed E-state index contributed by atoms with van der Waals surface area (Å²) in [6.45, 7) is 12.0. The Bertz CT molecular complexity index is 1480. The van der Waals surface area contributed by atoms with Crippen LogP contribution in [0.1, 0.15) is 37.6 Å². The molecule has 1 aromatic rings. The van der Waals surface area contributed by atoms with Crippen LogP contribution < -0.4 is 15.5 Å². The number of allylic oxidation sites excluding steroid dienone is 1. The molecule has 1 fully saturated rings. The van der Waals surface area contributed by atoms with Crippen molar-refractivity contribution in [3.8, 4) is 5.75 Å². The number of ether oxygens (including phenoxy) is 2. The number of hydrogen-bond donors (Lipinski definition) is 2. The number of carbonyl (C=O) groups is 2. The first-order valence-corrected chi connectivity index (χ1v) is 15.2. The predicted octanol–water partition coefficient (Wildman–Crippen LogP) is 4.43. The first-order chi connectivity index (χ1) is 21.4. The summed E-state index contributed by atoms with van der Waals surface area (Å²) < 4.78 is 39.5. The average molecular weight is 622 g/mol. The van der Waals surface area contributed by atoms with Crippen molar-refractivity contribution >= 4 is 17.7 Å². The minimum Gasteiger partial charge on any atom is -0.439 e. The molecule has 11 heteroatoms. The van der Waals surface area contributed by atoms with Crippen molar-refractivity contribution in [2.24, 2.45) is 16.8 Å². The summed E-state index contributed by atoms with van der Waals surface area (Å²) in [6, 6.07) is 6.12. The molecular formula is C34H41F2N5O4. The van der Waals surface area contributed by atoms with Crippen LogP contribution in [0.15, 0.2) is 89.1 Å². The number of fused-ring (bicyclic) bond motifs is 1. The van der Waals surface area contributed by atoms with Gasteiger partial charge in [0.2, 0.25) is 5.90 Å². The van der Waals surface area contributed by atoms with Crippen molar-refractivity contribution in [1.82, 2.24) is 20.7 Å². The number of methoxy groups -OCH3 is 1. The van der Waals surface area contributed by atoms with Crippen LogP contribution in [0, 0.1) is 11.8 Å². The molecule has 0 bridgehead atoms. The largest absolute Gasteiger partial charge is 0.439 e. The molecule has 9 nitrogen and oxygen atoms in total. The number of amides is 2. The van der Waals surface area contributed by atoms with Crippen LogP contribution in [0.5, 0.6) is 5.75 Å². The summed E-state index contributed by atoms with van der Waals surface area (Å²) in [5.74, 6) is -3.13. The second-order valence-corrected chi connectivity index (χ2v) is 12.2. The Kier molecular flexibility index (Phi) is 9.41. The zero-order chi connectivity index (χ0) is 32.4. The van der Waals surface area contributed by atoms with Gasteiger partial charge in [0.25, 0.3) is 17.7 Å². The highest BCUT2D eigenvalue weighted by atomic mass is 19.3. The molecule has 1 saturated heterocycles. The number of rotatable bonds is 11. The molecule has 5 rings (SSSR count). The molecule has 0 spiro atoms. The first-order valence-electron chi connectivity index (χ1n) is 15.2. The molecular weight excluding hydrogens is 580 g/mol. The summed E-state index contributed by atoms with van der Waals surface area (Å²) in [4.78, 5) is 31.9. The van der Waals surface area contributed by atoms with E-state index in [0.29, 0.717) is 43.1 Å². The smallest absolute Gasteiger partial charge is 0.259 e. The van der Waals surface area contributed by atoms with Crippen LogP contribution in [0.4, 0.5) is 8.78 Å². The number of carbonyl (C=O) groups excluding carboxylic acids is 2. The van der Waals surface area contributed by atoms with Gasteiger partial charge in [-0.15, -0.1) is 6.58 Å². The number of alkyl halides is 2. The zero-order valence-corrected chi connectivity index (χ0v) is 26.2. The summed E-state index contributed by atoms with van der Waals surface area (Å²) in [7, 11) is 1.60. The van der Waals surface area contributed by atoms with Crippen LogP contribution in [0.25, 0.3) is 0 Å². The van der Waals surface area contributed by atoms with Crippen molar-refractivity contribution in [2.45, 2.75) is 44.7 Å². The van der Waals surface area contributed by atoms with Crippen LogP contribution in [-0.2, 0) is 9.53 Å². The fraction of sp³-hybridized carbons (Fsp3) is 0.441. The van der Waals surface area contributed by atoms with E-state index in [-0.39, 0.29) is 23.6 Å². The molecule has 2 amide bonds. The minimum atomic E-state index is -2.93. The lowest BCUT2D eigenvalue weighted by molar-refractivity contribution is -0.117.